The van der Waals surface area contributed by atoms with Crippen LogP contribution in [0.25, 0.3) is 0 Å². The Morgan fingerprint density at radius 1 is 1.36 bits per heavy atom. The highest BCUT2D eigenvalue weighted by molar-refractivity contribution is 5.80. The van der Waals surface area contributed by atoms with Crippen LogP contribution in [0.1, 0.15) is 38.3 Å². The summed E-state index contributed by atoms with van der Waals surface area (Å²) < 4.78 is 0. The number of aryl methyl sites for hydroxylation is 1. The number of hydrogen-bond acceptors (Lipinski definition) is 2. The molecule has 4 heteroatoms. The van der Waals surface area contributed by atoms with E-state index < -0.39 is 0 Å². The van der Waals surface area contributed by atoms with E-state index in [1.165, 1.54) is 17.5 Å². The molecule has 1 saturated heterocycles. The molecule has 2 unspecified atom stereocenters. The Hall–Kier alpha value is -1.58. The number of likely N-dealkylation sites (tertiary alicyclic amines) is 1. The molecule has 2 rings (SSSR count). The molecule has 0 bridgehead atoms. The van der Waals surface area contributed by atoms with Crippen molar-refractivity contribution in [2.45, 2.75) is 40.5 Å². The van der Waals surface area contributed by atoms with Gasteiger partial charge in [-0.05, 0) is 55.7 Å². The Morgan fingerprint density at radius 3 is 2.73 bits per heavy atom. The third kappa shape index (κ3) is 4.72. The maximum Gasteiger partial charge on any atom is 0.193 e. The average molecular weight is 302 g/mol. The number of nitrogens with one attached hydrogen (secondary N) is 1. The monoisotopic (exact) mass is 302 g/mol. The van der Waals surface area contributed by atoms with E-state index in [1.807, 2.05) is 12.4 Å². The van der Waals surface area contributed by atoms with Gasteiger partial charge in [0.05, 0.1) is 0 Å². The van der Waals surface area contributed by atoms with Gasteiger partial charge in [0.2, 0.25) is 0 Å². The van der Waals surface area contributed by atoms with Crippen molar-refractivity contribution in [3.63, 3.8) is 0 Å². The zero-order chi connectivity index (χ0) is 15.9. The standard InChI is InChI=1S/C18H30N4/c1-5-20-18(22-12-14(2)10-15(3)13-22)21-9-7-17-6-8-19-11-16(17)4/h6,8,11,14-15H,5,7,9-10,12-13H2,1-4H3,(H,20,21). The molecular weight excluding hydrogens is 272 g/mol. The molecule has 122 valence electrons. The molecule has 22 heavy (non-hydrogen) atoms. The molecule has 1 aromatic rings. The van der Waals surface area contributed by atoms with E-state index >= 15 is 0 Å². The average Bonchev–Trinajstić information content (AvgIpc) is 2.47. The summed E-state index contributed by atoms with van der Waals surface area (Å²) in [5, 5.41) is 3.46. The lowest BCUT2D eigenvalue weighted by Crippen LogP contribution is -2.48. The first-order valence-electron chi connectivity index (χ1n) is 8.52. The molecule has 0 aliphatic carbocycles. The van der Waals surface area contributed by atoms with Crippen LogP contribution in [0, 0.1) is 18.8 Å². The lowest BCUT2D eigenvalue weighted by Gasteiger charge is -2.37. The number of nitrogens with zero attached hydrogens (tertiary/aromatic N) is 3. The highest BCUT2D eigenvalue weighted by atomic mass is 15.3. The molecule has 2 atom stereocenters. The van der Waals surface area contributed by atoms with E-state index in [1.54, 1.807) is 0 Å². The Labute approximate surface area is 135 Å². The molecule has 1 fully saturated rings. The van der Waals surface area contributed by atoms with Crippen molar-refractivity contribution in [2.75, 3.05) is 26.2 Å². The van der Waals surface area contributed by atoms with Gasteiger partial charge >= 0.3 is 0 Å². The van der Waals surface area contributed by atoms with E-state index in [0.29, 0.717) is 0 Å². The molecule has 1 aliphatic rings. The minimum atomic E-state index is 0.745. The topological polar surface area (TPSA) is 40.5 Å². The predicted octanol–water partition coefficient (Wildman–Crippen LogP) is 2.88. The Kier molecular flexibility index (Phi) is 6.22. The van der Waals surface area contributed by atoms with Gasteiger partial charge in [0.1, 0.15) is 0 Å². The normalized spacial score (nSPS) is 22.7. The van der Waals surface area contributed by atoms with Crippen LogP contribution in [-0.4, -0.2) is 42.0 Å². The fourth-order valence-electron chi connectivity index (χ4n) is 3.33. The van der Waals surface area contributed by atoms with Crippen LogP contribution < -0.4 is 5.32 Å². The predicted molar refractivity (Wildman–Crippen MR) is 93.2 cm³/mol. The number of piperidine rings is 1. The Bertz CT molecular complexity index is 488. The molecule has 1 aromatic heterocycles. The van der Waals surface area contributed by atoms with Crippen molar-refractivity contribution in [1.82, 2.24) is 15.2 Å². The molecule has 1 N–H and O–H groups in total. The Morgan fingerprint density at radius 2 is 2.09 bits per heavy atom. The second-order valence-electron chi connectivity index (χ2n) is 6.64. The molecule has 1 aliphatic heterocycles. The van der Waals surface area contributed by atoms with E-state index in [9.17, 15) is 0 Å². The van der Waals surface area contributed by atoms with Crippen LogP contribution in [0.3, 0.4) is 0 Å². The van der Waals surface area contributed by atoms with Crippen LogP contribution in [-0.2, 0) is 6.42 Å². The fourth-order valence-corrected chi connectivity index (χ4v) is 3.33. The summed E-state index contributed by atoms with van der Waals surface area (Å²) in [6.45, 7) is 12.9. The smallest absolute Gasteiger partial charge is 0.193 e. The van der Waals surface area contributed by atoms with Crippen LogP contribution in [0.4, 0.5) is 0 Å². The van der Waals surface area contributed by atoms with Crippen molar-refractivity contribution in [3.8, 4) is 0 Å². The highest BCUT2D eigenvalue weighted by Gasteiger charge is 2.23. The van der Waals surface area contributed by atoms with Gasteiger partial charge in [0.25, 0.3) is 0 Å². The van der Waals surface area contributed by atoms with Crippen LogP contribution in [0.15, 0.2) is 23.5 Å². The summed E-state index contributed by atoms with van der Waals surface area (Å²) in [6.07, 6.45) is 6.10. The molecule has 0 amide bonds. The molecule has 2 heterocycles. The minimum absolute atomic E-state index is 0.745. The minimum Gasteiger partial charge on any atom is -0.357 e. The number of guanidine groups is 1. The first-order chi connectivity index (χ1) is 10.6. The first kappa shape index (κ1) is 16.8. The van der Waals surface area contributed by atoms with Gasteiger partial charge in [-0.15, -0.1) is 0 Å². The lowest BCUT2D eigenvalue weighted by atomic mass is 9.92. The van der Waals surface area contributed by atoms with Gasteiger partial charge < -0.3 is 10.2 Å². The molecule has 0 spiro atoms. The van der Waals surface area contributed by atoms with Crippen molar-refractivity contribution in [3.05, 3.63) is 29.6 Å². The van der Waals surface area contributed by atoms with Crippen molar-refractivity contribution >= 4 is 5.96 Å². The number of rotatable bonds is 4. The lowest BCUT2D eigenvalue weighted by molar-refractivity contribution is 0.208. The summed E-state index contributed by atoms with van der Waals surface area (Å²) in [6, 6.07) is 2.10. The van der Waals surface area contributed by atoms with Crippen LogP contribution in [0.2, 0.25) is 0 Å². The van der Waals surface area contributed by atoms with E-state index in [-0.39, 0.29) is 0 Å². The van der Waals surface area contributed by atoms with Crippen LogP contribution >= 0.6 is 0 Å². The van der Waals surface area contributed by atoms with Gasteiger partial charge in [-0.3, -0.25) is 9.98 Å². The van der Waals surface area contributed by atoms with Gasteiger partial charge in [-0.25, -0.2) is 0 Å². The highest BCUT2D eigenvalue weighted by Crippen LogP contribution is 2.20. The quantitative estimate of drug-likeness (QED) is 0.687. The second-order valence-corrected chi connectivity index (χ2v) is 6.64. The maximum absolute atomic E-state index is 4.85. The van der Waals surface area contributed by atoms with Crippen LogP contribution in [0.5, 0.6) is 0 Å². The van der Waals surface area contributed by atoms with E-state index in [2.05, 4.69) is 49.0 Å². The number of hydrogen-bond donors (Lipinski definition) is 1. The van der Waals surface area contributed by atoms with Gasteiger partial charge in [0.15, 0.2) is 5.96 Å². The molecular formula is C18H30N4. The van der Waals surface area contributed by atoms with Gasteiger partial charge in [-0.2, -0.15) is 0 Å². The summed E-state index contributed by atoms with van der Waals surface area (Å²) in [5.41, 5.74) is 2.60. The summed E-state index contributed by atoms with van der Waals surface area (Å²) in [5.74, 6) is 2.57. The molecule has 0 radical (unpaired) electrons. The third-order valence-electron chi connectivity index (χ3n) is 4.28. The summed E-state index contributed by atoms with van der Waals surface area (Å²) in [7, 11) is 0. The van der Waals surface area contributed by atoms with Crippen molar-refractivity contribution < 1.29 is 0 Å². The van der Waals surface area contributed by atoms with Crippen molar-refractivity contribution in [1.29, 1.82) is 0 Å². The first-order valence-corrected chi connectivity index (χ1v) is 8.52. The Balaban J connectivity index is 1.99. The number of aromatic nitrogens is 1. The maximum atomic E-state index is 4.85. The molecule has 0 aromatic carbocycles. The zero-order valence-electron chi connectivity index (χ0n) is 14.5. The van der Waals surface area contributed by atoms with E-state index in [4.69, 9.17) is 4.99 Å². The SMILES string of the molecule is CCNC(=NCCc1ccncc1C)N1CC(C)CC(C)C1. The molecule has 0 saturated carbocycles. The van der Waals surface area contributed by atoms with Gasteiger partial charge in [0, 0.05) is 38.6 Å². The third-order valence-corrected chi connectivity index (χ3v) is 4.28. The molecule has 4 nitrogen and oxygen atoms in total. The van der Waals surface area contributed by atoms with Crippen molar-refractivity contribution in [2.24, 2.45) is 16.8 Å². The number of pyridine rings is 1. The second kappa shape index (κ2) is 8.16. The van der Waals surface area contributed by atoms with E-state index in [0.717, 1.165) is 50.4 Å². The zero-order valence-corrected chi connectivity index (χ0v) is 14.5. The van der Waals surface area contributed by atoms with Gasteiger partial charge in [-0.1, -0.05) is 13.8 Å². The summed E-state index contributed by atoms with van der Waals surface area (Å²) >= 11 is 0. The number of aliphatic imine (C=N–C) groups is 1. The largest absolute Gasteiger partial charge is 0.357 e. The fraction of sp³-hybridized carbons (Fsp3) is 0.667. The summed E-state index contributed by atoms with van der Waals surface area (Å²) in [4.78, 5) is 11.4.